The minimum atomic E-state index is -0.0822. The van der Waals surface area contributed by atoms with E-state index in [9.17, 15) is 4.79 Å². The van der Waals surface area contributed by atoms with Crippen molar-refractivity contribution in [2.24, 2.45) is 5.92 Å². The van der Waals surface area contributed by atoms with Crippen LogP contribution in [0.25, 0.3) is 11.1 Å². The summed E-state index contributed by atoms with van der Waals surface area (Å²) in [5.74, 6) is 6.82. The van der Waals surface area contributed by atoms with Crippen LogP contribution in [-0.2, 0) is 6.54 Å². The minimum Gasteiger partial charge on any atom is -0.478 e. The summed E-state index contributed by atoms with van der Waals surface area (Å²) in [5.41, 5.74) is 3.19. The molecule has 24 heavy (non-hydrogen) atoms. The molecule has 1 fully saturated rings. The smallest absolute Gasteiger partial charge is 0.278 e. The molecule has 0 aliphatic heterocycles. The molecule has 0 radical (unpaired) electrons. The van der Waals surface area contributed by atoms with Crippen LogP contribution in [0, 0.1) is 31.6 Å². The van der Waals surface area contributed by atoms with E-state index >= 15 is 0 Å². The second-order valence-corrected chi connectivity index (χ2v) is 6.25. The molecule has 0 unspecified atom stereocenters. The van der Waals surface area contributed by atoms with Gasteiger partial charge in [-0.3, -0.25) is 4.79 Å². The lowest BCUT2D eigenvalue weighted by Crippen LogP contribution is -2.27. The van der Waals surface area contributed by atoms with E-state index in [4.69, 9.17) is 4.74 Å². The molecule has 3 rings (SSSR count). The van der Waals surface area contributed by atoms with E-state index in [0.717, 1.165) is 16.8 Å². The number of hydrogen-bond donors (Lipinski definition) is 0. The first-order chi connectivity index (χ1) is 11.6. The Kier molecular flexibility index (Phi) is 4.71. The molecule has 0 amide bonds. The summed E-state index contributed by atoms with van der Waals surface area (Å²) in [6.45, 7) is 6.60. The fourth-order valence-corrected chi connectivity index (χ4v) is 2.80. The van der Waals surface area contributed by atoms with E-state index in [1.807, 2.05) is 38.1 Å². The molecular formula is C20H22N2O2. The van der Waals surface area contributed by atoms with Gasteiger partial charge in [0.15, 0.2) is 5.75 Å². The zero-order valence-corrected chi connectivity index (χ0v) is 14.4. The largest absolute Gasteiger partial charge is 0.478 e. The van der Waals surface area contributed by atoms with Gasteiger partial charge in [-0.25, -0.2) is 4.68 Å². The summed E-state index contributed by atoms with van der Waals surface area (Å²) < 4.78 is 7.43. The second kappa shape index (κ2) is 6.92. The Hall–Kier alpha value is -2.54. The fourth-order valence-electron chi connectivity index (χ4n) is 2.80. The third-order valence-corrected chi connectivity index (χ3v) is 4.28. The van der Waals surface area contributed by atoms with Crippen molar-refractivity contribution in [2.45, 2.75) is 40.2 Å². The van der Waals surface area contributed by atoms with E-state index in [0.29, 0.717) is 23.8 Å². The molecule has 4 heteroatoms. The third kappa shape index (κ3) is 3.35. The van der Waals surface area contributed by atoms with Crippen LogP contribution in [0.1, 0.15) is 31.0 Å². The molecule has 1 saturated carbocycles. The van der Waals surface area contributed by atoms with Gasteiger partial charge in [-0.15, -0.1) is 5.92 Å². The highest BCUT2D eigenvalue weighted by atomic mass is 16.5. The average molecular weight is 322 g/mol. The quantitative estimate of drug-likeness (QED) is 0.793. The topological polar surface area (TPSA) is 44.1 Å². The van der Waals surface area contributed by atoms with Crippen molar-refractivity contribution in [1.82, 2.24) is 9.78 Å². The van der Waals surface area contributed by atoms with Crippen molar-refractivity contribution in [3.63, 3.8) is 0 Å². The molecule has 1 aromatic heterocycles. The Morgan fingerprint density at radius 1 is 1.29 bits per heavy atom. The predicted octanol–water partition coefficient (Wildman–Crippen LogP) is 3.34. The van der Waals surface area contributed by atoms with Gasteiger partial charge in [0.25, 0.3) is 5.56 Å². The SMILES string of the molecule is CC#CCOc1c(C)nn(CC2CC2)c(=O)c1-c1ccccc1C. The van der Waals surface area contributed by atoms with Gasteiger partial charge in [0.2, 0.25) is 0 Å². The first-order valence-corrected chi connectivity index (χ1v) is 8.32. The summed E-state index contributed by atoms with van der Waals surface area (Å²) in [6, 6.07) is 7.88. The van der Waals surface area contributed by atoms with Crippen LogP contribution in [0.3, 0.4) is 0 Å². The lowest BCUT2D eigenvalue weighted by Gasteiger charge is -2.16. The van der Waals surface area contributed by atoms with E-state index in [2.05, 4.69) is 16.9 Å². The van der Waals surface area contributed by atoms with Crippen LogP contribution >= 0.6 is 0 Å². The van der Waals surface area contributed by atoms with E-state index in [-0.39, 0.29) is 12.2 Å². The van der Waals surface area contributed by atoms with Gasteiger partial charge in [0, 0.05) is 6.54 Å². The Morgan fingerprint density at radius 3 is 2.71 bits per heavy atom. The fraction of sp³-hybridized carbons (Fsp3) is 0.400. The Balaban J connectivity index is 2.16. The van der Waals surface area contributed by atoms with Crippen LogP contribution in [0.15, 0.2) is 29.1 Å². The Morgan fingerprint density at radius 2 is 2.04 bits per heavy atom. The molecule has 124 valence electrons. The van der Waals surface area contributed by atoms with Crippen LogP contribution in [0.4, 0.5) is 0 Å². The molecule has 1 aromatic carbocycles. The summed E-state index contributed by atoms with van der Waals surface area (Å²) in [5, 5.41) is 4.48. The minimum absolute atomic E-state index is 0.0822. The molecule has 4 nitrogen and oxygen atoms in total. The van der Waals surface area contributed by atoms with Crippen molar-refractivity contribution in [3.05, 3.63) is 45.9 Å². The van der Waals surface area contributed by atoms with Crippen LogP contribution in [0.2, 0.25) is 0 Å². The number of nitrogens with zero attached hydrogens (tertiary/aromatic N) is 2. The van der Waals surface area contributed by atoms with Gasteiger partial charge in [-0.1, -0.05) is 30.2 Å². The maximum Gasteiger partial charge on any atom is 0.278 e. The average Bonchev–Trinajstić information content (AvgIpc) is 3.37. The van der Waals surface area contributed by atoms with Crippen LogP contribution in [0.5, 0.6) is 5.75 Å². The van der Waals surface area contributed by atoms with Gasteiger partial charge in [0.1, 0.15) is 12.3 Å². The normalized spacial score (nSPS) is 13.3. The number of hydrogen-bond acceptors (Lipinski definition) is 3. The highest BCUT2D eigenvalue weighted by Gasteiger charge is 2.25. The van der Waals surface area contributed by atoms with Gasteiger partial charge in [-0.05, 0) is 50.7 Å². The summed E-state index contributed by atoms with van der Waals surface area (Å²) in [6.07, 6.45) is 2.36. The number of ether oxygens (including phenoxy) is 1. The number of benzene rings is 1. The van der Waals surface area contributed by atoms with E-state index < -0.39 is 0 Å². The lowest BCUT2D eigenvalue weighted by atomic mass is 10.0. The van der Waals surface area contributed by atoms with Crippen molar-refractivity contribution in [1.29, 1.82) is 0 Å². The molecule has 1 heterocycles. The van der Waals surface area contributed by atoms with Gasteiger partial charge >= 0.3 is 0 Å². The Labute approximate surface area is 142 Å². The van der Waals surface area contributed by atoms with Crippen LogP contribution < -0.4 is 10.3 Å². The van der Waals surface area contributed by atoms with Crippen molar-refractivity contribution < 1.29 is 4.74 Å². The zero-order valence-electron chi connectivity index (χ0n) is 14.4. The molecular weight excluding hydrogens is 300 g/mol. The van der Waals surface area contributed by atoms with Gasteiger partial charge in [0.05, 0.1) is 5.56 Å². The lowest BCUT2D eigenvalue weighted by molar-refractivity contribution is 0.361. The van der Waals surface area contributed by atoms with Crippen LogP contribution in [-0.4, -0.2) is 16.4 Å². The summed E-state index contributed by atoms with van der Waals surface area (Å²) >= 11 is 0. The second-order valence-electron chi connectivity index (χ2n) is 6.25. The number of rotatable bonds is 5. The monoisotopic (exact) mass is 322 g/mol. The van der Waals surface area contributed by atoms with Crippen molar-refractivity contribution in [3.8, 4) is 28.7 Å². The molecule has 1 aliphatic rings. The maximum absolute atomic E-state index is 13.1. The van der Waals surface area contributed by atoms with E-state index in [1.165, 1.54) is 12.8 Å². The molecule has 0 N–H and O–H groups in total. The molecule has 2 aromatic rings. The number of aromatic nitrogens is 2. The predicted molar refractivity (Wildman–Crippen MR) is 95.1 cm³/mol. The molecule has 1 aliphatic carbocycles. The van der Waals surface area contributed by atoms with E-state index in [1.54, 1.807) is 11.6 Å². The zero-order chi connectivity index (χ0) is 17.1. The van der Waals surface area contributed by atoms with Crippen molar-refractivity contribution in [2.75, 3.05) is 6.61 Å². The first kappa shape index (κ1) is 16.3. The maximum atomic E-state index is 13.1. The molecule has 0 spiro atoms. The first-order valence-electron chi connectivity index (χ1n) is 8.32. The van der Waals surface area contributed by atoms with Crippen molar-refractivity contribution >= 4 is 0 Å². The Bertz CT molecular complexity index is 867. The molecule has 0 atom stereocenters. The molecule has 0 bridgehead atoms. The third-order valence-electron chi connectivity index (χ3n) is 4.28. The highest BCUT2D eigenvalue weighted by molar-refractivity contribution is 5.73. The van der Waals surface area contributed by atoms with Gasteiger partial charge in [-0.2, -0.15) is 5.10 Å². The standard InChI is InChI=1S/C20H22N2O2/c1-4-5-12-24-19-15(3)21-22(13-16-10-11-16)20(23)18(19)17-9-7-6-8-14(17)2/h6-9,16H,10-13H2,1-3H3. The summed E-state index contributed by atoms with van der Waals surface area (Å²) in [7, 11) is 0. The van der Waals surface area contributed by atoms with Gasteiger partial charge < -0.3 is 4.74 Å². The highest BCUT2D eigenvalue weighted by Crippen LogP contribution is 2.33. The summed E-state index contributed by atoms with van der Waals surface area (Å²) in [4.78, 5) is 13.1. The number of aryl methyl sites for hydroxylation is 2. The molecule has 0 saturated heterocycles.